The lowest BCUT2D eigenvalue weighted by Crippen LogP contribution is -2.27. The molecule has 0 fully saturated rings. The van der Waals surface area contributed by atoms with Gasteiger partial charge in [-0.2, -0.15) is 5.10 Å². The zero-order chi connectivity index (χ0) is 26.3. The third-order valence-electron chi connectivity index (χ3n) is 6.16. The highest BCUT2D eigenvalue weighted by Gasteiger charge is 2.21. The number of hydrazone groups is 1. The lowest BCUT2D eigenvalue weighted by molar-refractivity contribution is -0.120. The molecule has 38 heavy (non-hydrogen) atoms. The van der Waals surface area contributed by atoms with Crippen LogP contribution < -0.4 is 10.7 Å². The van der Waals surface area contributed by atoms with E-state index in [0.29, 0.717) is 11.7 Å². The minimum Gasteiger partial charge on any atom is -0.377 e. The molecule has 1 heterocycles. The van der Waals surface area contributed by atoms with Gasteiger partial charge in [-0.3, -0.25) is 9.36 Å². The minimum atomic E-state index is -0.436. The van der Waals surface area contributed by atoms with Gasteiger partial charge in [0.1, 0.15) is 0 Å². The number of nitrogens with one attached hydrogen (secondary N) is 2. The Morgan fingerprint density at radius 1 is 0.947 bits per heavy atom. The maximum Gasteiger partial charge on any atom is 0.253 e. The number of fused-ring (bicyclic) bond motifs is 1. The van der Waals surface area contributed by atoms with E-state index < -0.39 is 5.25 Å². The molecule has 4 aromatic carbocycles. The van der Waals surface area contributed by atoms with Crippen molar-refractivity contribution >= 4 is 40.3 Å². The standard InChI is InChI=1S/C30H28N6OS/c1-21-11-6-7-13-24(21)19-32-34-29(37)22(2)38-30-35-33-28(36(30)25-15-4-3-5-16-25)20-31-27-18-10-14-23-12-8-9-17-26(23)27/h3-19,22,31H,20H2,1-2H3,(H,34,37). The van der Waals surface area contributed by atoms with E-state index in [4.69, 9.17) is 0 Å². The number of para-hydroxylation sites is 1. The number of carbonyl (C=O) groups is 1. The molecule has 0 saturated carbocycles. The number of anilines is 1. The van der Waals surface area contributed by atoms with Gasteiger partial charge in [0.2, 0.25) is 0 Å². The summed E-state index contributed by atoms with van der Waals surface area (Å²) < 4.78 is 1.99. The Kier molecular flexibility index (Phi) is 7.80. The van der Waals surface area contributed by atoms with Crippen molar-refractivity contribution < 1.29 is 4.79 Å². The summed E-state index contributed by atoms with van der Waals surface area (Å²) in [4.78, 5) is 12.8. The molecule has 1 unspecified atom stereocenters. The van der Waals surface area contributed by atoms with Gasteiger partial charge in [-0.15, -0.1) is 10.2 Å². The van der Waals surface area contributed by atoms with E-state index in [0.717, 1.165) is 33.7 Å². The predicted octanol–water partition coefficient (Wildman–Crippen LogP) is 5.97. The Bertz CT molecular complexity index is 1580. The zero-order valence-electron chi connectivity index (χ0n) is 21.2. The van der Waals surface area contributed by atoms with Gasteiger partial charge in [0, 0.05) is 16.8 Å². The molecule has 5 aromatic rings. The first-order valence-corrected chi connectivity index (χ1v) is 13.2. The summed E-state index contributed by atoms with van der Waals surface area (Å²) in [7, 11) is 0. The summed E-state index contributed by atoms with van der Waals surface area (Å²) >= 11 is 1.34. The average Bonchev–Trinajstić information content (AvgIpc) is 3.35. The van der Waals surface area contributed by atoms with Crippen LogP contribution in [0.2, 0.25) is 0 Å². The predicted molar refractivity (Wildman–Crippen MR) is 155 cm³/mol. The summed E-state index contributed by atoms with van der Waals surface area (Å²) in [5.41, 5.74) is 6.66. The molecular formula is C30H28N6OS. The van der Waals surface area contributed by atoms with Crippen molar-refractivity contribution in [1.29, 1.82) is 0 Å². The van der Waals surface area contributed by atoms with E-state index in [1.54, 1.807) is 6.21 Å². The minimum absolute atomic E-state index is 0.210. The van der Waals surface area contributed by atoms with Crippen LogP contribution >= 0.6 is 11.8 Å². The van der Waals surface area contributed by atoms with Gasteiger partial charge in [-0.25, -0.2) is 5.43 Å². The summed E-state index contributed by atoms with van der Waals surface area (Å²) in [6.07, 6.45) is 1.66. The monoisotopic (exact) mass is 520 g/mol. The Morgan fingerprint density at radius 3 is 2.53 bits per heavy atom. The molecule has 0 saturated heterocycles. The fourth-order valence-electron chi connectivity index (χ4n) is 4.08. The molecule has 2 N–H and O–H groups in total. The number of thioether (sulfide) groups is 1. The van der Waals surface area contributed by atoms with Crippen LogP contribution in [0.15, 0.2) is 107 Å². The van der Waals surface area contributed by atoms with E-state index in [1.165, 1.54) is 17.1 Å². The first-order valence-electron chi connectivity index (χ1n) is 12.4. The zero-order valence-corrected chi connectivity index (χ0v) is 22.0. The molecule has 0 spiro atoms. The van der Waals surface area contributed by atoms with E-state index in [9.17, 15) is 4.79 Å². The molecule has 1 atom stereocenters. The van der Waals surface area contributed by atoms with Gasteiger partial charge < -0.3 is 5.32 Å². The van der Waals surface area contributed by atoms with Crippen LogP contribution in [-0.2, 0) is 11.3 Å². The number of aromatic nitrogens is 3. The van der Waals surface area contributed by atoms with Gasteiger partial charge in [0.05, 0.1) is 18.0 Å². The Morgan fingerprint density at radius 2 is 1.68 bits per heavy atom. The number of carbonyl (C=O) groups excluding carboxylic acids is 1. The first-order chi connectivity index (χ1) is 18.6. The molecule has 1 aromatic heterocycles. The van der Waals surface area contributed by atoms with Crippen LogP contribution in [0.4, 0.5) is 5.69 Å². The van der Waals surface area contributed by atoms with Crippen molar-refractivity contribution in [3.63, 3.8) is 0 Å². The van der Waals surface area contributed by atoms with Crippen molar-refractivity contribution in [2.45, 2.75) is 30.8 Å². The van der Waals surface area contributed by atoms with Gasteiger partial charge in [0.15, 0.2) is 11.0 Å². The molecule has 190 valence electrons. The molecule has 0 aliphatic carbocycles. The molecule has 0 aliphatic heterocycles. The number of benzene rings is 4. The third kappa shape index (κ3) is 5.76. The molecule has 0 aliphatic rings. The SMILES string of the molecule is Cc1ccccc1C=NNC(=O)C(C)Sc1nnc(CNc2cccc3ccccc23)n1-c1ccccc1. The van der Waals surface area contributed by atoms with Crippen molar-refractivity contribution in [3.05, 3.63) is 114 Å². The number of hydrogen-bond acceptors (Lipinski definition) is 6. The van der Waals surface area contributed by atoms with E-state index in [2.05, 4.69) is 50.3 Å². The van der Waals surface area contributed by atoms with E-state index >= 15 is 0 Å². The van der Waals surface area contributed by atoms with Crippen LogP contribution in [0.1, 0.15) is 23.9 Å². The molecule has 0 bridgehead atoms. The van der Waals surface area contributed by atoms with Crippen LogP contribution in [0.25, 0.3) is 16.5 Å². The largest absolute Gasteiger partial charge is 0.377 e. The quantitative estimate of drug-likeness (QED) is 0.142. The number of rotatable bonds is 9. The summed E-state index contributed by atoms with van der Waals surface area (Å²) in [6.45, 7) is 4.31. The number of aryl methyl sites for hydroxylation is 1. The highest BCUT2D eigenvalue weighted by atomic mass is 32.2. The highest BCUT2D eigenvalue weighted by molar-refractivity contribution is 8.00. The van der Waals surface area contributed by atoms with E-state index in [1.807, 2.05) is 91.2 Å². The van der Waals surface area contributed by atoms with Crippen LogP contribution in [-0.4, -0.2) is 32.1 Å². The molecule has 8 heteroatoms. The normalized spacial score (nSPS) is 12.1. The lowest BCUT2D eigenvalue weighted by Gasteiger charge is -2.14. The number of nitrogens with zero attached hydrogens (tertiary/aromatic N) is 4. The first kappa shape index (κ1) is 25.2. The maximum atomic E-state index is 12.8. The van der Waals surface area contributed by atoms with Crippen molar-refractivity contribution in [2.24, 2.45) is 5.10 Å². The van der Waals surface area contributed by atoms with Crippen LogP contribution in [0.5, 0.6) is 0 Å². The van der Waals surface area contributed by atoms with Crippen LogP contribution in [0, 0.1) is 6.92 Å². The second kappa shape index (κ2) is 11.7. The number of hydrogen-bond donors (Lipinski definition) is 2. The maximum absolute atomic E-state index is 12.8. The summed E-state index contributed by atoms with van der Waals surface area (Å²) in [5.74, 6) is 0.537. The average molecular weight is 521 g/mol. The van der Waals surface area contributed by atoms with Crippen molar-refractivity contribution in [2.75, 3.05) is 5.32 Å². The fraction of sp³-hybridized carbons (Fsp3) is 0.133. The van der Waals surface area contributed by atoms with Gasteiger partial charge in [-0.1, -0.05) is 90.6 Å². The molecular weight excluding hydrogens is 492 g/mol. The van der Waals surface area contributed by atoms with Gasteiger partial charge in [0.25, 0.3) is 5.91 Å². The van der Waals surface area contributed by atoms with Gasteiger partial charge >= 0.3 is 0 Å². The van der Waals surface area contributed by atoms with E-state index in [-0.39, 0.29) is 5.91 Å². The Balaban J connectivity index is 1.33. The fourth-order valence-corrected chi connectivity index (χ4v) is 4.96. The van der Waals surface area contributed by atoms with Crippen molar-refractivity contribution in [1.82, 2.24) is 20.2 Å². The Labute approximate surface area is 226 Å². The van der Waals surface area contributed by atoms with Crippen LogP contribution in [0.3, 0.4) is 0 Å². The third-order valence-corrected chi connectivity index (χ3v) is 7.20. The molecule has 5 rings (SSSR count). The summed E-state index contributed by atoms with van der Waals surface area (Å²) in [5, 5.41) is 19.1. The second-order valence-corrected chi connectivity index (χ2v) is 10.1. The highest BCUT2D eigenvalue weighted by Crippen LogP contribution is 2.27. The Hall–Kier alpha value is -4.43. The van der Waals surface area contributed by atoms with Gasteiger partial charge in [-0.05, 0) is 48.6 Å². The lowest BCUT2D eigenvalue weighted by atomic mass is 10.1. The second-order valence-electron chi connectivity index (χ2n) is 8.80. The number of amides is 1. The van der Waals surface area contributed by atoms with Crippen molar-refractivity contribution in [3.8, 4) is 5.69 Å². The smallest absolute Gasteiger partial charge is 0.253 e. The summed E-state index contributed by atoms with van der Waals surface area (Å²) in [6, 6.07) is 32.3. The molecule has 0 radical (unpaired) electrons. The molecule has 7 nitrogen and oxygen atoms in total. The molecule has 1 amide bonds. The topological polar surface area (TPSA) is 84.2 Å².